The number of thiazole rings is 1. The number of benzene rings is 1. The molecule has 3 heterocycles. The molecule has 0 N–H and O–H groups in total. The van der Waals surface area contributed by atoms with Crippen molar-refractivity contribution in [1.82, 2.24) is 19.9 Å². The summed E-state index contributed by atoms with van der Waals surface area (Å²) in [6, 6.07) is 8.16. The van der Waals surface area contributed by atoms with Crippen LogP contribution in [0.15, 0.2) is 36.7 Å². The van der Waals surface area contributed by atoms with Crippen molar-refractivity contribution in [3.63, 3.8) is 0 Å². The molecule has 0 atom stereocenters. The highest BCUT2D eigenvalue weighted by Gasteiger charge is 2.25. The van der Waals surface area contributed by atoms with E-state index in [1.165, 1.54) is 29.8 Å². The molecule has 144 valence electrons. The van der Waals surface area contributed by atoms with E-state index in [4.69, 9.17) is 0 Å². The molecule has 0 aliphatic carbocycles. The molecule has 8 heteroatoms. The Morgan fingerprint density at radius 1 is 1.07 bits per heavy atom. The zero-order valence-corrected chi connectivity index (χ0v) is 16.5. The minimum absolute atomic E-state index is 0.0532. The van der Waals surface area contributed by atoms with Crippen molar-refractivity contribution in [2.45, 2.75) is 13.8 Å². The Morgan fingerprint density at radius 2 is 1.79 bits per heavy atom. The number of hydrogen-bond acceptors (Lipinski definition) is 6. The number of rotatable bonds is 3. The smallest absolute Gasteiger partial charge is 0.265 e. The average molecular weight is 397 g/mol. The molecule has 1 aliphatic heterocycles. The first-order chi connectivity index (χ1) is 13.5. The topological polar surface area (TPSA) is 62.2 Å². The van der Waals surface area contributed by atoms with Gasteiger partial charge in [-0.25, -0.2) is 19.3 Å². The molecule has 1 amide bonds. The van der Waals surface area contributed by atoms with Crippen molar-refractivity contribution in [3.05, 3.63) is 58.1 Å². The standard InChI is InChI=1S/C20H20FN5OS/c1-13-19(28-14(2)24-13)20(27)26-9-7-25(8-10-26)18-11-17(22-12-23-18)15-3-5-16(21)6-4-15/h3-6,11-12H,7-10H2,1-2H3. The Bertz CT molecular complexity index is 996. The van der Waals surface area contributed by atoms with Gasteiger partial charge < -0.3 is 9.80 Å². The summed E-state index contributed by atoms with van der Waals surface area (Å²) >= 11 is 1.45. The molecule has 2 aromatic heterocycles. The van der Waals surface area contributed by atoms with E-state index in [0.29, 0.717) is 26.2 Å². The van der Waals surface area contributed by atoms with Gasteiger partial charge in [0.2, 0.25) is 0 Å². The molecule has 1 fully saturated rings. The lowest BCUT2D eigenvalue weighted by Crippen LogP contribution is -2.49. The van der Waals surface area contributed by atoms with Crippen LogP contribution in [0.1, 0.15) is 20.4 Å². The normalized spacial score (nSPS) is 14.4. The lowest BCUT2D eigenvalue weighted by molar-refractivity contribution is 0.0750. The number of carbonyl (C=O) groups is 1. The monoisotopic (exact) mass is 397 g/mol. The van der Waals surface area contributed by atoms with Gasteiger partial charge in [-0.1, -0.05) is 0 Å². The third kappa shape index (κ3) is 3.73. The van der Waals surface area contributed by atoms with Crippen LogP contribution in [0.4, 0.5) is 10.2 Å². The molecule has 0 unspecified atom stereocenters. The molecule has 0 radical (unpaired) electrons. The van der Waals surface area contributed by atoms with Crippen LogP contribution in [0.3, 0.4) is 0 Å². The van der Waals surface area contributed by atoms with E-state index >= 15 is 0 Å². The third-order valence-electron chi connectivity index (χ3n) is 4.78. The van der Waals surface area contributed by atoms with Gasteiger partial charge in [0.1, 0.15) is 22.8 Å². The minimum atomic E-state index is -0.273. The summed E-state index contributed by atoms with van der Waals surface area (Å²) in [5.41, 5.74) is 2.39. The molecule has 1 aromatic carbocycles. The Kier molecular flexibility index (Phi) is 5.04. The number of amides is 1. The lowest BCUT2D eigenvalue weighted by Gasteiger charge is -2.35. The van der Waals surface area contributed by atoms with Crippen LogP contribution >= 0.6 is 11.3 Å². The summed E-state index contributed by atoms with van der Waals surface area (Å²) in [5.74, 6) is 0.592. The summed E-state index contributed by atoms with van der Waals surface area (Å²) < 4.78 is 13.1. The van der Waals surface area contributed by atoms with E-state index in [1.807, 2.05) is 24.8 Å². The first kappa shape index (κ1) is 18.5. The first-order valence-corrected chi connectivity index (χ1v) is 9.89. The van der Waals surface area contributed by atoms with Crippen molar-refractivity contribution in [2.24, 2.45) is 0 Å². The maximum atomic E-state index is 13.1. The maximum Gasteiger partial charge on any atom is 0.265 e. The number of halogens is 1. The number of anilines is 1. The van der Waals surface area contributed by atoms with Crippen LogP contribution in [0.2, 0.25) is 0 Å². The number of aryl methyl sites for hydroxylation is 2. The van der Waals surface area contributed by atoms with Gasteiger partial charge in [-0.3, -0.25) is 4.79 Å². The van der Waals surface area contributed by atoms with E-state index in [0.717, 1.165) is 32.7 Å². The highest BCUT2D eigenvalue weighted by Crippen LogP contribution is 2.23. The summed E-state index contributed by atoms with van der Waals surface area (Å²) in [6.07, 6.45) is 1.52. The van der Waals surface area contributed by atoms with Gasteiger partial charge in [-0.2, -0.15) is 0 Å². The van der Waals surface area contributed by atoms with E-state index in [9.17, 15) is 9.18 Å². The second-order valence-corrected chi connectivity index (χ2v) is 7.90. The van der Waals surface area contributed by atoms with E-state index in [2.05, 4.69) is 19.9 Å². The predicted octanol–water partition coefficient (Wildman–Crippen LogP) is 3.32. The van der Waals surface area contributed by atoms with Crippen LogP contribution in [0.5, 0.6) is 0 Å². The summed E-state index contributed by atoms with van der Waals surface area (Å²) in [6.45, 7) is 6.45. The highest BCUT2D eigenvalue weighted by molar-refractivity contribution is 7.13. The largest absolute Gasteiger partial charge is 0.353 e. The minimum Gasteiger partial charge on any atom is -0.353 e. The van der Waals surface area contributed by atoms with Gasteiger partial charge in [-0.05, 0) is 38.1 Å². The Labute approximate surface area is 166 Å². The first-order valence-electron chi connectivity index (χ1n) is 9.07. The zero-order valence-electron chi connectivity index (χ0n) is 15.7. The second-order valence-electron chi connectivity index (χ2n) is 6.70. The SMILES string of the molecule is Cc1nc(C)c(C(=O)N2CCN(c3cc(-c4ccc(F)cc4)ncn3)CC2)s1. The lowest BCUT2D eigenvalue weighted by atomic mass is 10.1. The summed E-state index contributed by atoms with van der Waals surface area (Å²) in [4.78, 5) is 30.5. The maximum absolute atomic E-state index is 13.1. The number of aromatic nitrogens is 3. The fourth-order valence-corrected chi connectivity index (χ4v) is 4.20. The summed E-state index contributed by atoms with van der Waals surface area (Å²) in [7, 11) is 0. The number of carbonyl (C=O) groups excluding carboxylic acids is 1. The fourth-order valence-electron chi connectivity index (χ4n) is 3.31. The molecule has 1 saturated heterocycles. The van der Waals surface area contributed by atoms with Crippen molar-refractivity contribution >= 4 is 23.1 Å². The van der Waals surface area contributed by atoms with Gasteiger partial charge in [0.25, 0.3) is 5.91 Å². The van der Waals surface area contributed by atoms with Gasteiger partial charge in [0.15, 0.2) is 0 Å². The van der Waals surface area contributed by atoms with Crippen LogP contribution < -0.4 is 4.90 Å². The number of hydrogen-bond donors (Lipinski definition) is 0. The van der Waals surface area contributed by atoms with Crippen molar-refractivity contribution in [2.75, 3.05) is 31.1 Å². The van der Waals surface area contributed by atoms with E-state index < -0.39 is 0 Å². The Morgan fingerprint density at radius 3 is 2.43 bits per heavy atom. The molecule has 3 aromatic rings. The van der Waals surface area contributed by atoms with E-state index in [-0.39, 0.29) is 11.7 Å². The molecule has 0 bridgehead atoms. The molecule has 1 aliphatic rings. The second kappa shape index (κ2) is 7.63. The molecule has 0 saturated carbocycles. The molecular formula is C20H20FN5OS. The van der Waals surface area contributed by atoms with Crippen LogP contribution in [-0.4, -0.2) is 51.9 Å². The molecule has 4 rings (SSSR count). The van der Waals surface area contributed by atoms with Gasteiger partial charge in [0, 0.05) is 37.8 Å². The molecule has 28 heavy (non-hydrogen) atoms. The average Bonchev–Trinajstić information content (AvgIpc) is 3.06. The zero-order chi connectivity index (χ0) is 19.7. The van der Waals surface area contributed by atoms with Crippen molar-refractivity contribution in [3.8, 4) is 11.3 Å². The molecule has 6 nitrogen and oxygen atoms in total. The van der Waals surface area contributed by atoms with Crippen LogP contribution in [-0.2, 0) is 0 Å². The Hall–Kier alpha value is -2.87. The van der Waals surface area contributed by atoms with Gasteiger partial charge in [-0.15, -0.1) is 11.3 Å². The third-order valence-corrected chi connectivity index (χ3v) is 5.84. The van der Waals surface area contributed by atoms with Gasteiger partial charge in [0.05, 0.1) is 16.4 Å². The van der Waals surface area contributed by atoms with Crippen molar-refractivity contribution in [1.29, 1.82) is 0 Å². The Balaban J connectivity index is 1.45. The van der Waals surface area contributed by atoms with Crippen LogP contribution in [0.25, 0.3) is 11.3 Å². The van der Waals surface area contributed by atoms with Gasteiger partial charge >= 0.3 is 0 Å². The quantitative estimate of drug-likeness (QED) is 0.679. The molecular weight excluding hydrogens is 377 g/mol. The fraction of sp³-hybridized carbons (Fsp3) is 0.300. The number of nitrogens with zero attached hydrogens (tertiary/aromatic N) is 5. The van der Waals surface area contributed by atoms with Crippen molar-refractivity contribution < 1.29 is 9.18 Å². The summed E-state index contributed by atoms with van der Waals surface area (Å²) in [5, 5.41) is 0.911. The molecule has 0 spiro atoms. The highest BCUT2D eigenvalue weighted by atomic mass is 32.1. The van der Waals surface area contributed by atoms with Crippen LogP contribution in [0, 0.1) is 19.7 Å². The van der Waals surface area contributed by atoms with E-state index in [1.54, 1.807) is 12.1 Å². The number of piperazine rings is 1. The predicted molar refractivity (Wildman–Crippen MR) is 107 cm³/mol.